The lowest BCUT2D eigenvalue weighted by Crippen LogP contribution is -2.11. The van der Waals surface area contributed by atoms with Gasteiger partial charge in [0, 0.05) is 10.6 Å². The summed E-state index contributed by atoms with van der Waals surface area (Å²) in [5.74, 6) is 0.309. The van der Waals surface area contributed by atoms with Gasteiger partial charge in [-0.05, 0) is 42.9 Å². The van der Waals surface area contributed by atoms with Crippen LogP contribution in [0.1, 0.15) is 34.4 Å². The molecule has 0 amide bonds. The van der Waals surface area contributed by atoms with Crippen molar-refractivity contribution in [1.29, 1.82) is 0 Å². The number of hydrogen-bond donors (Lipinski definition) is 1. The van der Waals surface area contributed by atoms with Crippen LogP contribution in [0.15, 0.2) is 34.2 Å². The lowest BCUT2D eigenvalue weighted by molar-refractivity contribution is -0.137. The maximum atomic E-state index is 12.8. The van der Waals surface area contributed by atoms with Crippen molar-refractivity contribution >= 4 is 33.3 Å². The minimum Gasteiger partial charge on any atom is -0.301 e. The highest BCUT2D eigenvalue weighted by Gasteiger charge is 2.30. The van der Waals surface area contributed by atoms with Crippen molar-refractivity contribution in [3.63, 3.8) is 0 Å². The first-order valence-electron chi connectivity index (χ1n) is 8.25. The van der Waals surface area contributed by atoms with E-state index in [-0.39, 0.29) is 5.56 Å². The highest BCUT2D eigenvalue weighted by atomic mass is 32.2. The number of halogens is 3. The molecule has 0 aliphatic heterocycles. The normalized spacial score (nSPS) is 14.6. The molecule has 0 bridgehead atoms. The molecule has 3 nitrogen and oxygen atoms in total. The van der Waals surface area contributed by atoms with Gasteiger partial charge < -0.3 is 4.98 Å². The summed E-state index contributed by atoms with van der Waals surface area (Å²) in [7, 11) is 0. The number of rotatable bonds is 3. The van der Waals surface area contributed by atoms with Crippen LogP contribution in [0.4, 0.5) is 13.2 Å². The number of aromatic amines is 1. The molecule has 0 fully saturated rings. The minimum absolute atomic E-state index is 0.152. The van der Waals surface area contributed by atoms with Gasteiger partial charge in [0.15, 0.2) is 5.16 Å². The van der Waals surface area contributed by atoms with Gasteiger partial charge >= 0.3 is 6.18 Å². The van der Waals surface area contributed by atoms with Crippen LogP contribution in [0.2, 0.25) is 0 Å². The number of hydrogen-bond acceptors (Lipinski definition) is 4. The van der Waals surface area contributed by atoms with Gasteiger partial charge in [-0.1, -0.05) is 30.0 Å². The number of alkyl halides is 3. The number of benzene rings is 1. The molecule has 26 heavy (non-hydrogen) atoms. The second-order valence-corrected chi connectivity index (χ2v) is 8.30. The molecule has 1 aliphatic rings. The average Bonchev–Trinajstić information content (AvgIpc) is 2.98. The molecule has 0 radical (unpaired) electrons. The average molecular weight is 396 g/mol. The maximum absolute atomic E-state index is 12.8. The van der Waals surface area contributed by atoms with Gasteiger partial charge in [-0.2, -0.15) is 13.2 Å². The lowest BCUT2D eigenvalue weighted by atomic mass is 9.97. The third kappa shape index (κ3) is 3.40. The molecule has 8 heteroatoms. The van der Waals surface area contributed by atoms with E-state index in [4.69, 9.17) is 0 Å². The number of aryl methyl sites for hydroxylation is 2. The van der Waals surface area contributed by atoms with Crippen LogP contribution in [0.5, 0.6) is 0 Å². The van der Waals surface area contributed by atoms with Crippen LogP contribution in [0.3, 0.4) is 0 Å². The van der Waals surface area contributed by atoms with Crippen molar-refractivity contribution in [2.45, 2.75) is 42.8 Å². The Morgan fingerprint density at radius 3 is 2.85 bits per heavy atom. The first-order chi connectivity index (χ1) is 12.4. The molecule has 1 aliphatic carbocycles. The van der Waals surface area contributed by atoms with Crippen LogP contribution < -0.4 is 5.56 Å². The lowest BCUT2D eigenvalue weighted by Gasteiger charge is -2.09. The van der Waals surface area contributed by atoms with Crippen LogP contribution >= 0.6 is 23.1 Å². The van der Waals surface area contributed by atoms with Crippen molar-refractivity contribution in [3.8, 4) is 0 Å². The third-order valence-electron chi connectivity index (χ3n) is 4.43. The smallest absolute Gasteiger partial charge is 0.301 e. The summed E-state index contributed by atoms with van der Waals surface area (Å²) in [6.45, 7) is 0. The zero-order valence-corrected chi connectivity index (χ0v) is 15.3. The predicted octanol–water partition coefficient (Wildman–Crippen LogP) is 5.17. The van der Waals surface area contributed by atoms with Crippen molar-refractivity contribution in [1.82, 2.24) is 9.97 Å². The number of thiophene rings is 1. The summed E-state index contributed by atoms with van der Waals surface area (Å²) in [5, 5.41) is 1.13. The molecule has 0 saturated heterocycles. The van der Waals surface area contributed by atoms with E-state index >= 15 is 0 Å². The fourth-order valence-electron chi connectivity index (χ4n) is 3.20. The van der Waals surface area contributed by atoms with Crippen LogP contribution in [-0.2, 0) is 24.8 Å². The Morgan fingerprint density at radius 2 is 2.04 bits per heavy atom. The Hall–Kier alpha value is -1.80. The first-order valence-corrected chi connectivity index (χ1v) is 10.1. The number of nitrogens with one attached hydrogen (secondary N) is 1. The van der Waals surface area contributed by atoms with Gasteiger partial charge in [-0.25, -0.2) is 4.98 Å². The number of thioether (sulfide) groups is 1. The number of aromatic nitrogens is 2. The van der Waals surface area contributed by atoms with Crippen molar-refractivity contribution in [2.24, 2.45) is 0 Å². The summed E-state index contributed by atoms with van der Waals surface area (Å²) in [5.41, 5.74) is 0.844. The van der Waals surface area contributed by atoms with E-state index < -0.39 is 11.7 Å². The Balaban J connectivity index is 1.59. The van der Waals surface area contributed by atoms with E-state index in [2.05, 4.69) is 9.97 Å². The molecule has 2 aromatic heterocycles. The molecule has 1 aromatic carbocycles. The Kier molecular flexibility index (Phi) is 4.56. The van der Waals surface area contributed by atoms with Gasteiger partial charge in [-0.3, -0.25) is 4.79 Å². The Labute approximate surface area is 155 Å². The standard InChI is InChI=1S/C18H15F3N2OS2/c19-18(20,21)11-5-3-4-10(8-11)9-25-17-22-15(24)14-12-6-1-2-7-13(12)26-16(14)23-17/h3-5,8H,1-2,6-7,9H2,(H,22,23,24). The molecule has 3 aromatic rings. The topological polar surface area (TPSA) is 45.8 Å². The van der Waals surface area contributed by atoms with Crippen molar-refractivity contribution in [2.75, 3.05) is 0 Å². The first kappa shape index (κ1) is 17.6. The molecule has 0 unspecified atom stereocenters. The number of nitrogens with zero attached hydrogens (tertiary/aromatic N) is 1. The second kappa shape index (κ2) is 6.74. The molecule has 4 rings (SSSR count). The van der Waals surface area contributed by atoms with Crippen LogP contribution in [0.25, 0.3) is 10.2 Å². The quantitative estimate of drug-likeness (QED) is 0.490. The van der Waals surface area contributed by atoms with E-state index in [1.165, 1.54) is 22.7 Å². The van der Waals surface area contributed by atoms with Gasteiger partial charge in [0.1, 0.15) is 4.83 Å². The highest BCUT2D eigenvalue weighted by molar-refractivity contribution is 7.98. The Morgan fingerprint density at radius 1 is 1.23 bits per heavy atom. The van der Waals surface area contributed by atoms with Crippen molar-refractivity contribution in [3.05, 3.63) is 56.2 Å². The molecular weight excluding hydrogens is 381 g/mol. The minimum atomic E-state index is -4.36. The van der Waals surface area contributed by atoms with E-state index in [1.807, 2.05) is 0 Å². The SMILES string of the molecule is O=c1[nH]c(SCc2cccc(C(F)(F)F)c2)nc2sc3c(c12)CCCC3. The fraction of sp³-hybridized carbons (Fsp3) is 0.333. The highest BCUT2D eigenvalue weighted by Crippen LogP contribution is 2.35. The Bertz CT molecular complexity index is 1020. The molecule has 2 heterocycles. The number of H-pyrrole nitrogens is 1. The molecule has 0 atom stereocenters. The monoisotopic (exact) mass is 396 g/mol. The molecule has 0 saturated carbocycles. The molecule has 1 N–H and O–H groups in total. The van der Waals surface area contributed by atoms with E-state index in [1.54, 1.807) is 17.4 Å². The predicted molar refractivity (Wildman–Crippen MR) is 97.9 cm³/mol. The van der Waals surface area contributed by atoms with Crippen molar-refractivity contribution < 1.29 is 13.2 Å². The van der Waals surface area contributed by atoms with Gasteiger partial charge in [0.05, 0.1) is 10.9 Å². The fourth-order valence-corrected chi connectivity index (χ4v) is 5.33. The van der Waals surface area contributed by atoms with E-state index in [0.29, 0.717) is 21.9 Å². The summed E-state index contributed by atoms with van der Waals surface area (Å²) in [6.07, 6.45) is -0.235. The zero-order chi connectivity index (χ0) is 18.3. The summed E-state index contributed by atoms with van der Waals surface area (Å²) >= 11 is 2.80. The number of fused-ring (bicyclic) bond motifs is 3. The van der Waals surface area contributed by atoms with Gasteiger partial charge in [0.2, 0.25) is 0 Å². The summed E-state index contributed by atoms with van der Waals surface area (Å²) in [4.78, 5) is 21.8. The van der Waals surface area contributed by atoms with E-state index in [0.717, 1.165) is 48.2 Å². The molecular formula is C18H15F3N2OS2. The molecule has 0 spiro atoms. The summed E-state index contributed by atoms with van der Waals surface area (Å²) < 4.78 is 38.4. The summed E-state index contributed by atoms with van der Waals surface area (Å²) in [6, 6.07) is 5.22. The second-order valence-electron chi connectivity index (χ2n) is 6.25. The molecule has 136 valence electrons. The zero-order valence-electron chi connectivity index (χ0n) is 13.7. The van der Waals surface area contributed by atoms with Crippen LogP contribution in [0, 0.1) is 0 Å². The van der Waals surface area contributed by atoms with Crippen LogP contribution in [-0.4, -0.2) is 9.97 Å². The van der Waals surface area contributed by atoms with E-state index in [9.17, 15) is 18.0 Å². The van der Waals surface area contributed by atoms with Gasteiger partial charge in [0.25, 0.3) is 5.56 Å². The third-order valence-corrected chi connectivity index (χ3v) is 6.56. The largest absolute Gasteiger partial charge is 0.416 e. The van der Waals surface area contributed by atoms with Gasteiger partial charge in [-0.15, -0.1) is 11.3 Å². The maximum Gasteiger partial charge on any atom is 0.416 e.